The van der Waals surface area contributed by atoms with Gasteiger partial charge in [-0.05, 0) is 37.5 Å². The molecular formula is C14H15NO2. The largest absolute Gasteiger partial charge is 0.481 e. The molecule has 1 aliphatic rings. The lowest BCUT2D eigenvalue weighted by Gasteiger charge is -2.07. The van der Waals surface area contributed by atoms with E-state index in [1.807, 2.05) is 12.1 Å². The molecule has 1 fully saturated rings. The van der Waals surface area contributed by atoms with Crippen LogP contribution in [0.2, 0.25) is 0 Å². The summed E-state index contributed by atoms with van der Waals surface area (Å²) in [5.41, 5.74) is 3.33. The number of hydrogen-bond acceptors (Lipinski definition) is 1. The molecule has 3 rings (SSSR count). The predicted molar refractivity (Wildman–Crippen MR) is 66.3 cm³/mol. The van der Waals surface area contributed by atoms with Crippen LogP contribution < -0.4 is 0 Å². The number of carboxylic acids is 1. The van der Waals surface area contributed by atoms with E-state index < -0.39 is 5.97 Å². The molecule has 1 aromatic carbocycles. The Hall–Kier alpha value is -1.77. The first-order chi connectivity index (χ1) is 8.16. The lowest BCUT2D eigenvalue weighted by molar-refractivity contribution is -0.136. The van der Waals surface area contributed by atoms with Crippen LogP contribution in [-0.4, -0.2) is 15.6 Å². The van der Waals surface area contributed by atoms with Crippen LogP contribution in [0.4, 0.5) is 0 Å². The van der Waals surface area contributed by atoms with Crippen LogP contribution in [0.25, 0.3) is 10.9 Å². The molecule has 1 saturated carbocycles. The first-order valence-corrected chi connectivity index (χ1v) is 5.98. The molecule has 0 spiro atoms. The number of aliphatic carboxylic acids is 1. The Kier molecular flexibility index (Phi) is 2.21. The Bertz CT molecular complexity index is 594. The summed E-state index contributed by atoms with van der Waals surface area (Å²) in [7, 11) is 0. The van der Waals surface area contributed by atoms with Crippen molar-refractivity contribution in [3.05, 3.63) is 35.5 Å². The molecule has 0 atom stereocenters. The van der Waals surface area contributed by atoms with E-state index in [4.69, 9.17) is 5.11 Å². The topological polar surface area (TPSA) is 42.2 Å². The number of carboxylic acid groups (broad SMARTS) is 1. The lowest BCUT2D eigenvalue weighted by atomic mass is 10.1. The summed E-state index contributed by atoms with van der Waals surface area (Å²) in [5.74, 6) is -0.757. The molecule has 0 amide bonds. The number of carbonyl (C=O) groups is 1. The van der Waals surface area contributed by atoms with E-state index in [9.17, 15) is 4.79 Å². The van der Waals surface area contributed by atoms with E-state index >= 15 is 0 Å². The fourth-order valence-electron chi connectivity index (χ4n) is 2.51. The molecule has 2 aromatic rings. The van der Waals surface area contributed by atoms with Crippen molar-refractivity contribution < 1.29 is 9.90 Å². The van der Waals surface area contributed by atoms with Gasteiger partial charge in [0, 0.05) is 22.6 Å². The van der Waals surface area contributed by atoms with Crippen molar-refractivity contribution in [3.63, 3.8) is 0 Å². The van der Waals surface area contributed by atoms with Crippen LogP contribution in [0.15, 0.2) is 24.3 Å². The second-order valence-electron chi connectivity index (χ2n) is 4.82. The molecule has 0 saturated heterocycles. The van der Waals surface area contributed by atoms with Gasteiger partial charge in [-0.2, -0.15) is 0 Å². The van der Waals surface area contributed by atoms with E-state index in [2.05, 4.69) is 23.6 Å². The van der Waals surface area contributed by atoms with Crippen molar-refractivity contribution in [2.75, 3.05) is 0 Å². The normalized spacial score (nSPS) is 15.4. The summed E-state index contributed by atoms with van der Waals surface area (Å²) in [6, 6.07) is 8.76. The molecule has 0 radical (unpaired) electrons. The highest BCUT2D eigenvalue weighted by molar-refractivity contribution is 5.86. The molecule has 1 aliphatic carbocycles. The van der Waals surface area contributed by atoms with Crippen LogP contribution in [-0.2, 0) is 11.2 Å². The minimum absolute atomic E-state index is 0.116. The molecule has 0 aliphatic heterocycles. The van der Waals surface area contributed by atoms with Gasteiger partial charge >= 0.3 is 5.97 Å². The van der Waals surface area contributed by atoms with Crippen molar-refractivity contribution in [2.24, 2.45) is 0 Å². The summed E-state index contributed by atoms with van der Waals surface area (Å²) >= 11 is 0. The molecule has 1 N–H and O–H groups in total. The van der Waals surface area contributed by atoms with Crippen molar-refractivity contribution in [1.82, 2.24) is 4.57 Å². The van der Waals surface area contributed by atoms with Gasteiger partial charge in [-0.1, -0.05) is 12.1 Å². The predicted octanol–water partition coefficient (Wildman–Crippen LogP) is 2.91. The van der Waals surface area contributed by atoms with Crippen molar-refractivity contribution in [1.29, 1.82) is 0 Å². The molecule has 17 heavy (non-hydrogen) atoms. The van der Waals surface area contributed by atoms with Crippen molar-refractivity contribution >= 4 is 16.9 Å². The SMILES string of the molecule is Cc1cccc2c1cc(CC(=O)O)n2C1CC1. The number of nitrogens with zero attached hydrogens (tertiary/aromatic N) is 1. The van der Waals surface area contributed by atoms with E-state index in [-0.39, 0.29) is 6.42 Å². The van der Waals surface area contributed by atoms with Gasteiger partial charge in [0.15, 0.2) is 0 Å². The molecule has 0 unspecified atom stereocenters. The first kappa shape index (κ1) is 10.4. The molecule has 1 heterocycles. The average Bonchev–Trinajstić information content (AvgIpc) is 3.01. The highest BCUT2D eigenvalue weighted by Gasteiger charge is 2.27. The Morgan fingerprint density at radius 2 is 2.24 bits per heavy atom. The molecular weight excluding hydrogens is 214 g/mol. The summed E-state index contributed by atoms with van der Waals surface area (Å²) in [5, 5.41) is 10.2. The smallest absolute Gasteiger partial charge is 0.309 e. The Morgan fingerprint density at radius 1 is 1.47 bits per heavy atom. The summed E-state index contributed by atoms with van der Waals surface area (Å²) in [6.45, 7) is 2.07. The molecule has 3 nitrogen and oxygen atoms in total. The molecule has 3 heteroatoms. The van der Waals surface area contributed by atoms with Crippen LogP contribution in [0, 0.1) is 6.92 Å². The van der Waals surface area contributed by atoms with Crippen molar-refractivity contribution in [2.45, 2.75) is 32.2 Å². The maximum atomic E-state index is 10.9. The lowest BCUT2D eigenvalue weighted by Crippen LogP contribution is -2.06. The number of benzene rings is 1. The zero-order chi connectivity index (χ0) is 12.0. The number of aromatic nitrogens is 1. The van der Waals surface area contributed by atoms with Gasteiger partial charge in [-0.3, -0.25) is 4.79 Å². The van der Waals surface area contributed by atoms with Gasteiger partial charge in [0.05, 0.1) is 6.42 Å². The van der Waals surface area contributed by atoms with E-state index in [1.165, 1.54) is 29.3 Å². The second-order valence-corrected chi connectivity index (χ2v) is 4.82. The molecule has 88 valence electrons. The minimum atomic E-state index is -0.757. The quantitative estimate of drug-likeness (QED) is 0.879. The van der Waals surface area contributed by atoms with Gasteiger partial charge in [-0.25, -0.2) is 0 Å². The van der Waals surface area contributed by atoms with Gasteiger partial charge in [-0.15, -0.1) is 0 Å². The third kappa shape index (κ3) is 1.71. The van der Waals surface area contributed by atoms with Gasteiger partial charge in [0.1, 0.15) is 0 Å². The summed E-state index contributed by atoms with van der Waals surface area (Å²) < 4.78 is 2.22. The highest BCUT2D eigenvalue weighted by Crippen LogP contribution is 2.40. The van der Waals surface area contributed by atoms with E-state index in [1.54, 1.807) is 0 Å². The fraction of sp³-hybridized carbons (Fsp3) is 0.357. The monoisotopic (exact) mass is 229 g/mol. The summed E-state index contributed by atoms with van der Waals surface area (Å²) in [6.07, 6.45) is 2.46. The van der Waals surface area contributed by atoms with Crippen LogP contribution in [0.5, 0.6) is 0 Å². The maximum absolute atomic E-state index is 10.9. The van der Waals surface area contributed by atoms with Crippen LogP contribution in [0.1, 0.15) is 30.1 Å². The summed E-state index contributed by atoms with van der Waals surface area (Å²) in [4.78, 5) is 10.9. The van der Waals surface area contributed by atoms with Crippen LogP contribution >= 0.6 is 0 Å². The van der Waals surface area contributed by atoms with E-state index in [0.29, 0.717) is 6.04 Å². The Morgan fingerprint density at radius 3 is 2.88 bits per heavy atom. The molecule has 0 bridgehead atoms. The number of rotatable bonds is 3. The fourth-order valence-corrected chi connectivity index (χ4v) is 2.51. The van der Waals surface area contributed by atoms with Gasteiger partial charge in [0.25, 0.3) is 0 Å². The van der Waals surface area contributed by atoms with E-state index in [0.717, 1.165) is 5.69 Å². The highest BCUT2D eigenvalue weighted by atomic mass is 16.4. The third-order valence-corrected chi connectivity index (χ3v) is 3.43. The zero-order valence-corrected chi connectivity index (χ0v) is 9.81. The van der Waals surface area contributed by atoms with Gasteiger partial charge < -0.3 is 9.67 Å². The second kappa shape index (κ2) is 3.62. The number of aryl methyl sites for hydroxylation is 1. The minimum Gasteiger partial charge on any atom is -0.481 e. The van der Waals surface area contributed by atoms with Crippen LogP contribution in [0.3, 0.4) is 0 Å². The molecule has 1 aromatic heterocycles. The Labute approximate surface area is 99.7 Å². The zero-order valence-electron chi connectivity index (χ0n) is 9.81. The average molecular weight is 229 g/mol. The standard InChI is InChI=1S/C14H15NO2/c1-9-3-2-4-13-12(9)7-11(8-14(16)17)15(13)10-5-6-10/h2-4,7,10H,5-6,8H2,1H3,(H,16,17). The first-order valence-electron chi connectivity index (χ1n) is 5.98. The Balaban J connectivity index is 2.22. The number of fused-ring (bicyclic) bond motifs is 1. The number of hydrogen-bond donors (Lipinski definition) is 1. The van der Waals surface area contributed by atoms with Gasteiger partial charge in [0.2, 0.25) is 0 Å². The van der Waals surface area contributed by atoms with Crippen molar-refractivity contribution in [3.8, 4) is 0 Å². The maximum Gasteiger partial charge on any atom is 0.309 e. The third-order valence-electron chi connectivity index (χ3n) is 3.43.